The summed E-state index contributed by atoms with van der Waals surface area (Å²) in [7, 11) is 0. The van der Waals surface area contributed by atoms with E-state index in [0.717, 1.165) is 22.3 Å². The van der Waals surface area contributed by atoms with Crippen LogP contribution in [0, 0.1) is 6.92 Å². The van der Waals surface area contributed by atoms with Crippen LogP contribution in [-0.4, -0.2) is 25.5 Å². The van der Waals surface area contributed by atoms with E-state index in [1.807, 2.05) is 50.2 Å². The van der Waals surface area contributed by atoms with Crippen LogP contribution in [0.1, 0.15) is 34.2 Å². The largest absolute Gasteiger partial charge is 0.364 e. The molecule has 3 heterocycles. The Morgan fingerprint density at radius 3 is 2.62 bits per heavy atom. The molecule has 146 valence electrons. The van der Waals surface area contributed by atoms with Crippen molar-refractivity contribution in [1.29, 1.82) is 0 Å². The van der Waals surface area contributed by atoms with Crippen LogP contribution in [0.5, 0.6) is 0 Å². The number of hydrogen-bond acceptors (Lipinski definition) is 5. The zero-order valence-corrected chi connectivity index (χ0v) is 16.4. The van der Waals surface area contributed by atoms with E-state index in [2.05, 4.69) is 27.6 Å². The van der Waals surface area contributed by atoms with Gasteiger partial charge in [-0.25, -0.2) is 4.98 Å². The Balaban J connectivity index is 1.80. The molecule has 4 aromatic rings. The molecule has 0 unspecified atom stereocenters. The summed E-state index contributed by atoms with van der Waals surface area (Å²) >= 11 is 0. The van der Waals surface area contributed by atoms with Crippen molar-refractivity contribution in [3.63, 3.8) is 0 Å². The minimum atomic E-state index is -0.506. The third kappa shape index (κ3) is 3.54. The summed E-state index contributed by atoms with van der Waals surface area (Å²) in [6, 6.07) is 17.5. The Morgan fingerprint density at radius 1 is 1.10 bits per heavy atom. The average Bonchev–Trinajstić information content (AvgIpc) is 3.08. The number of aromatic nitrogens is 4. The number of amides is 1. The number of hydrogen-bond donors (Lipinski definition) is 2. The van der Waals surface area contributed by atoms with Crippen molar-refractivity contribution in [3.05, 3.63) is 77.1 Å². The molecular formula is C22H22N6O. The first-order chi connectivity index (χ1) is 14.1. The van der Waals surface area contributed by atoms with E-state index >= 15 is 0 Å². The highest BCUT2D eigenvalue weighted by Gasteiger charge is 2.19. The normalized spacial score (nSPS) is 11.0. The van der Waals surface area contributed by atoms with Crippen molar-refractivity contribution >= 4 is 17.2 Å². The van der Waals surface area contributed by atoms with E-state index in [9.17, 15) is 4.79 Å². The van der Waals surface area contributed by atoms with Gasteiger partial charge in [0.2, 0.25) is 5.82 Å². The molecule has 0 aliphatic carbocycles. The Bertz CT molecular complexity index is 1180. The van der Waals surface area contributed by atoms with E-state index in [4.69, 9.17) is 10.7 Å². The van der Waals surface area contributed by atoms with Crippen molar-refractivity contribution < 1.29 is 4.79 Å². The number of carbonyl (C=O) groups is 1. The molecule has 1 aromatic carbocycles. The second kappa shape index (κ2) is 7.71. The number of pyridine rings is 1. The van der Waals surface area contributed by atoms with Gasteiger partial charge >= 0.3 is 0 Å². The maximum absolute atomic E-state index is 12.0. The number of fused-ring (bicyclic) bond motifs is 1. The number of nitrogens with zero attached hydrogens (tertiary/aromatic N) is 4. The zero-order chi connectivity index (χ0) is 20.4. The van der Waals surface area contributed by atoms with E-state index < -0.39 is 5.91 Å². The molecule has 7 nitrogen and oxygen atoms in total. The lowest BCUT2D eigenvalue weighted by Crippen LogP contribution is -2.16. The van der Waals surface area contributed by atoms with E-state index in [0.29, 0.717) is 36.0 Å². The summed E-state index contributed by atoms with van der Waals surface area (Å²) in [5.41, 5.74) is 10.4. The topological polar surface area (TPSA) is 98.2 Å². The molecule has 0 radical (unpaired) electrons. The number of anilines is 1. The van der Waals surface area contributed by atoms with Crippen LogP contribution in [-0.2, 0) is 13.0 Å². The van der Waals surface area contributed by atoms with Crippen LogP contribution in [0.25, 0.3) is 17.0 Å². The van der Waals surface area contributed by atoms with Crippen molar-refractivity contribution in [2.75, 3.05) is 5.32 Å². The van der Waals surface area contributed by atoms with Crippen molar-refractivity contribution in [2.24, 2.45) is 5.73 Å². The number of nitrogens with one attached hydrogen (secondary N) is 1. The summed E-state index contributed by atoms with van der Waals surface area (Å²) in [5.74, 6) is 0.629. The molecule has 0 saturated heterocycles. The Morgan fingerprint density at radius 2 is 1.90 bits per heavy atom. The molecule has 3 N–H and O–H groups in total. The molecule has 0 spiro atoms. The molecule has 3 aromatic heterocycles. The standard InChI is InChI=1S/C22H22N6O/c1-3-17-21(24-13-15-8-5-4-6-9-15)25-22(27-26-17)19-14(2)12-16-10-7-11-18(20(23)29)28(16)19/h4-12H,3,13H2,1-2H3,(H2,23,29)(H,24,25,27). The number of primary amides is 1. The molecule has 1 amide bonds. The summed E-state index contributed by atoms with van der Waals surface area (Å²) in [4.78, 5) is 16.7. The van der Waals surface area contributed by atoms with Crippen LogP contribution in [0.4, 0.5) is 5.82 Å². The lowest BCUT2D eigenvalue weighted by atomic mass is 10.2. The quantitative estimate of drug-likeness (QED) is 0.529. The van der Waals surface area contributed by atoms with Crippen molar-refractivity contribution in [3.8, 4) is 11.5 Å². The Labute approximate surface area is 168 Å². The molecular weight excluding hydrogens is 364 g/mol. The van der Waals surface area contributed by atoms with Gasteiger partial charge in [0.25, 0.3) is 5.91 Å². The lowest BCUT2D eigenvalue weighted by molar-refractivity contribution is 0.0994. The number of rotatable bonds is 6. The maximum atomic E-state index is 12.0. The van der Waals surface area contributed by atoms with Gasteiger partial charge in [-0.05, 0) is 42.7 Å². The SMILES string of the molecule is CCc1nnc(-c2c(C)cc3cccc(C(N)=O)n23)nc1NCc1ccccc1. The molecule has 7 heteroatoms. The second-order valence-electron chi connectivity index (χ2n) is 6.83. The van der Waals surface area contributed by atoms with Crippen LogP contribution in [0.3, 0.4) is 0 Å². The summed E-state index contributed by atoms with van der Waals surface area (Å²) in [5, 5.41) is 12.1. The molecule has 29 heavy (non-hydrogen) atoms. The van der Waals surface area contributed by atoms with Gasteiger partial charge in [-0.15, -0.1) is 10.2 Å². The fraction of sp³-hybridized carbons (Fsp3) is 0.182. The number of benzene rings is 1. The van der Waals surface area contributed by atoms with Crippen LogP contribution >= 0.6 is 0 Å². The van der Waals surface area contributed by atoms with Gasteiger partial charge in [-0.3, -0.25) is 4.79 Å². The van der Waals surface area contributed by atoms with Crippen LogP contribution in [0.15, 0.2) is 54.6 Å². The first-order valence-electron chi connectivity index (χ1n) is 9.51. The second-order valence-corrected chi connectivity index (χ2v) is 6.83. The number of aryl methyl sites for hydroxylation is 2. The van der Waals surface area contributed by atoms with Crippen molar-refractivity contribution in [1.82, 2.24) is 19.6 Å². The third-order valence-electron chi connectivity index (χ3n) is 4.84. The van der Waals surface area contributed by atoms with E-state index in [-0.39, 0.29) is 0 Å². The average molecular weight is 386 g/mol. The molecule has 0 fully saturated rings. The Kier molecular flexibility index (Phi) is 4.95. The van der Waals surface area contributed by atoms with E-state index in [1.165, 1.54) is 0 Å². The predicted molar refractivity (Wildman–Crippen MR) is 113 cm³/mol. The van der Waals surface area contributed by atoms with E-state index in [1.54, 1.807) is 10.5 Å². The zero-order valence-electron chi connectivity index (χ0n) is 16.4. The van der Waals surface area contributed by atoms with Gasteiger partial charge in [-0.2, -0.15) is 0 Å². The fourth-order valence-electron chi connectivity index (χ4n) is 3.43. The molecule has 0 bridgehead atoms. The van der Waals surface area contributed by atoms with Gasteiger partial charge in [0, 0.05) is 12.1 Å². The Hall–Kier alpha value is -3.74. The van der Waals surface area contributed by atoms with Gasteiger partial charge < -0.3 is 15.5 Å². The summed E-state index contributed by atoms with van der Waals surface area (Å²) in [6.45, 7) is 4.61. The molecule has 0 atom stereocenters. The highest BCUT2D eigenvalue weighted by Crippen LogP contribution is 2.27. The van der Waals surface area contributed by atoms with Gasteiger partial charge in [0.05, 0.1) is 5.69 Å². The van der Waals surface area contributed by atoms with Gasteiger partial charge in [0.1, 0.15) is 11.4 Å². The van der Waals surface area contributed by atoms with Gasteiger partial charge in [0.15, 0.2) is 5.82 Å². The van der Waals surface area contributed by atoms with Crippen LogP contribution < -0.4 is 11.1 Å². The molecule has 0 saturated carbocycles. The molecule has 4 rings (SSSR count). The minimum absolute atomic E-state index is 0.382. The first kappa shape index (κ1) is 18.6. The summed E-state index contributed by atoms with van der Waals surface area (Å²) in [6.07, 6.45) is 0.706. The predicted octanol–water partition coefficient (Wildman–Crippen LogP) is 3.37. The van der Waals surface area contributed by atoms with Crippen LogP contribution in [0.2, 0.25) is 0 Å². The van der Waals surface area contributed by atoms with Gasteiger partial charge in [-0.1, -0.05) is 43.3 Å². The lowest BCUT2D eigenvalue weighted by Gasteiger charge is -2.12. The fourth-order valence-corrected chi connectivity index (χ4v) is 3.43. The monoisotopic (exact) mass is 386 g/mol. The highest BCUT2D eigenvalue weighted by atomic mass is 16.1. The molecule has 0 aliphatic heterocycles. The highest BCUT2D eigenvalue weighted by molar-refractivity contribution is 5.93. The first-order valence-corrected chi connectivity index (χ1v) is 9.51. The third-order valence-corrected chi connectivity index (χ3v) is 4.84. The maximum Gasteiger partial charge on any atom is 0.265 e. The minimum Gasteiger partial charge on any atom is -0.364 e. The van der Waals surface area contributed by atoms with Crippen molar-refractivity contribution in [2.45, 2.75) is 26.8 Å². The molecule has 0 aliphatic rings. The number of carbonyl (C=O) groups excluding carboxylic acids is 1. The number of nitrogens with two attached hydrogens (primary N) is 1. The smallest absolute Gasteiger partial charge is 0.265 e. The summed E-state index contributed by atoms with van der Waals surface area (Å²) < 4.78 is 1.79.